The number of rotatable bonds is 9. The van der Waals surface area contributed by atoms with Crippen LogP contribution in [0.1, 0.15) is 43.6 Å². The van der Waals surface area contributed by atoms with E-state index < -0.39 is 34.6 Å². The minimum atomic E-state index is -1.28. The molecule has 0 saturated carbocycles. The number of nitrogens with zero attached hydrogens (tertiary/aromatic N) is 1. The second-order valence-corrected chi connectivity index (χ2v) is 8.37. The van der Waals surface area contributed by atoms with Gasteiger partial charge in [0.2, 0.25) is 0 Å². The van der Waals surface area contributed by atoms with E-state index in [1.165, 1.54) is 17.0 Å². The van der Waals surface area contributed by atoms with Crippen molar-refractivity contribution in [1.29, 1.82) is 0 Å². The predicted octanol–water partition coefficient (Wildman–Crippen LogP) is 4.38. The highest BCUT2D eigenvalue weighted by atomic mass is 19.2. The first-order valence-corrected chi connectivity index (χ1v) is 11.4. The van der Waals surface area contributed by atoms with Crippen molar-refractivity contribution in [2.75, 3.05) is 38.1 Å². The number of likely N-dealkylation sites (tertiary alicyclic amines) is 1. The van der Waals surface area contributed by atoms with Gasteiger partial charge in [-0.15, -0.1) is 0 Å². The fraction of sp³-hybridized carbons (Fsp3) is 0.480. The van der Waals surface area contributed by atoms with Crippen molar-refractivity contribution in [1.82, 2.24) is 10.2 Å². The molecule has 1 amide bonds. The molecule has 0 unspecified atom stereocenters. The first-order valence-electron chi connectivity index (χ1n) is 11.4. The van der Waals surface area contributed by atoms with Crippen molar-refractivity contribution in [2.45, 2.75) is 46.3 Å². The van der Waals surface area contributed by atoms with E-state index in [1.54, 1.807) is 13.0 Å². The molecule has 6 nitrogen and oxygen atoms in total. The fourth-order valence-corrected chi connectivity index (χ4v) is 3.49. The normalized spacial score (nSPS) is 14.4. The van der Waals surface area contributed by atoms with Gasteiger partial charge in [0.25, 0.3) is 5.91 Å². The highest BCUT2D eigenvalue weighted by Gasteiger charge is 2.44. The van der Waals surface area contributed by atoms with Gasteiger partial charge in [-0.2, -0.15) is 0 Å². The molecule has 0 aromatic heterocycles. The molecule has 34 heavy (non-hydrogen) atoms. The first-order chi connectivity index (χ1) is 16.1. The number of hydrogen-bond donors (Lipinski definition) is 3. The lowest BCUT2D eigenvalue weighted by molar-refractivity contribution is -0.0791. The van der Waals surface area contributed by atoms with Crippen LogP contribution >= 0.6 is 0 Å². The summed E-state index contributed by atoms with van der Waals surface area (Å²) < 4.78 is 48.1. The molecular formula is C25H34F3N3O3. The summed E-state index contributed by atoms with van der Waals surface area (Å²) in [5.41, 5.74) is -1.14. The number of ether oxygens (including phenoxy) is 1. The number of anilines is 2. The highest BCUT2D eigenvalue weighted by Crippen LogP contribution is 2.31. The fourth-order valence-electron chi connectivity index (χ4n) is 3.49. The number of carbonyl (C=O) groups is 1. The van der Waals surface area contributed by atoms with E-state index in [4.69, 9.17) is 4.74 Å². The minimum absolute atomic E-state index is 0.0290. The summed E-state index contributed by atoms with van der Waals surface area (Å²) in [5.74, 6) is -3.69. The first kappa shape index (κ1) is 27.6. The number of halogens is 3. The Morgan fingerprint density at radius 1 is 1.15 bits per heavy atom. The van der Waals surface area contributed by atoms with E-state index in [0.29, 0.717) is 18.7 Å². The smallest absolute Gasteiger partial charge is 0.256 e. The molecule has 0 radical (unpaired) electrons. The summed E-state index contributed by atoms with van der Waals surface area (Å²) in [4.78, 5) is 14.3. The van der Waals surface area contributed by atoms with Gasteiger partial charge in [0.05, 0.1) is 42.7 Å². The summed E-state index contributed by atoms with van der Waals surface area (Å²) in [6.45, 7) is 10.9. The molecule has 2 aromatic rings. The van der Waals surface area contributed by atoms with Crippen LogP contribution in [0, 0.1) is 24.4 Å². The lowest BCUT2D eigenvalue weighted by Gasteiger charge is -2.46. The Labute approximate surface area is 199 Å². The summed E-state index contributed by atoms with van der Waals surface area (Å²) in [6.07, 6.45) is 0.115. The lowest BCUT2D eigenvalue weighted by atomic mass is 9.92. The minimum Gasteiger partial charge on any atom is -0.385 e. The van der Waals surface area contributed by atoms with Crippen LogP contribution in [0.3, 0.4) is 0 Å². The largest absolute Gasteiger partial charge is 0.385 e. The Hall–Kier alpha value is -2.62. The third-order valence-electron chi connectivity index (χ3n) is 5.15. The average molecular weight is 482 g/mol. The van der Waals surface area contributed by atoms with Crippen LogP contribution in [0.5, 0.6) is 0 Å². The summed E-state index contributed by atoms with van der Waals surface area (Å²) in [7, 11) is 0. The second kappa shape index (κ2) is 12.2. The van der Waals surface area contributed by atoms with Crippen LogP contribution in [0.15, 0.2) is 30.3 Å². The number of β-amino-alcohol motifs (C(OH)–C–C–N with tert-alkyl or cyclic N) is 1. The zero-order valence-electron chi connectivity index (χ0n) is 20.3. The molecule has 2 aromatic carbocycles. The molecule has 1 fully saturated rings. The molecule has 1 aliphatic heterocycles. The van der Waals surface area contributed by atoms with Gasteiger partial charge in [-0.1, -0.05) is 19.9 Å². The van der Waals surface area contributed by atoms with Crippen molar-refractivity contribution < 1.29 is 27.8 Å². The summed E-state index contributed by atoms with van der Waals surface area (Å²) >= 11 is 0. The number of hydrogen-bond acceptors (Lipinski definition) is 5. The molecule has 1 aliphatic rings. The lowest BCUT2D eigenvalue weighted by Crippen LogP contribution is -2.67. The molecule has 3 N–H and O–H groups in total. The second-order valence-electron chi connectivity index (χ2n) is 8.37. The van der Waals surface area contributed by atoms with Crippen molar-refractivity contribution in [3.05, 3.63) is 58.9 Å². The Morgan fingerprint density at radius 3 is 2.44 bits per heavy atom. The topological polar surface area (TPSA) is 73.8 Å². The molecule has 1 heterocycles. The van der Waals surface area contributed by atoms with Crippen LogP contribution in [0.2, 0.25) is 0 Å². The average Bonchev–Trinajstić information content (AvgIpc) is 2.77. The Morgan fingerprint density at radius 2 is 1.82 bits per heavy atom. The van der Waals surface area contributed by atoms with Crippen LogP contribution in [-0.2, 0) is 4.74 Å². The summed E-state index contributed by atoms with van der Waals surface area (Å²) in [6, 6.07) is 6.24. The van der Waals surface area contributed by atoms with Crippen LogP contribution in [0.4, 0.5) is 24.5 Å². The Balaban J connectivity index is 0.00000199. The van der Waals surface area contributed by atoms with Crippen molar-refractivity contribution in [3.8, 4) is 0 Å². The maximum atomic E-state index is 14.6. The van der Waals surface area contributed by atoms with Gasteiger partial charge in [-0.05, 0) is 50.6 Å². The molecule has 9 heteroatoms. The van der Waals surface area contributed by atoms with E-state index in [-0.39, 0.29) is 37.0 Å². The van der Waals surface area contributed by atoms with Crippen LogP contribution in [-0.4, -0.2) is 60.4 Å². The highest BCUT2D eigenvalue weighted by molar-refractivity contribution is 6.01. The van der Waals surface area contributed by atoms with Crippen molar-refractivity contribution in [2.24, 2.45) is 0 Å². The van der Waals surface area contributed by atoms with Gasteiger partial charge >= 0.3 is 0 Å². The number of aryl methyl sites for hydroxylation is 1. The number of benzene rings is 2. The monoisotopic (exact) mass is 481 g/mol. The number of carbonyl (C=O) groups excluding carboxylic acids is 1. The van der Waals surface area contributed by atoms with Crippen LogP contribution in [0.25, 0.3) is 0 Å². The molecular weight excluding hydrogens is 447 g/mol. The number of amides is 1. The van der Waals surface area contributed by atoms with E-state index in [0.717, 1.165) is 12.1 Å². The van der Waals surface area contributed by atoms with E-state index in [2.05, 4.69) is 10.6 Å². The molecule has 0 bridgehead atoms. The molecule has 0 atom stereocenters. The quantitative estimate of drug-likeness (QED) is 0.464. The maximum Gasteiger partial charge on any atom is 0.256 e. The number of nitrogens with one attached hydrogen (secondary N) is 2. The van der Waals surface area contributed by atoms with Gasteiger partial charge in [0, 0.05) is 13.1 Å². The molecule has 0 aliphatic carbocycles. The van der Waals surface area contributed by atoms with E-state index in [9.17, 15) is 23.1 Å². The van der Waals surface area contributed by atoms with Crippen molar-refractivity contribution >= 4 is 17.3 Å². The number of aliphatic hydroxyl groups is 1. The molecule has 3 rings (SSSR count). The van der Waals surface area contributed by atoms with Gasteiger partial charge in [0.1, 0.15) is 11.4 Å². The molecule has 1 saturated heterocycles. The SMILES string of the molecule is CC.Cc1ccc(Nc2c(C(=O)N3CC(O)(CNCCOC(C)C)C3)ccc(F)c2F)c(F)c1. The van der Waals surface area contributed by atoms with Gasteiger partial charge in [-0.25, -0.2) is 13.2 Å². The Bertz CT molecular complexity index is 979. The van der Waals surface area contributed by atoms with E-state index in [1.807, 2.05) is 27.7 Å². The summed E-state index contributed by atoms with van der Waals surface area (Å²) in [5, 5.41) is 16.1. The standard InChI is InChI=1S/C23H28F3N3O3.C2H6/c1-14(2)32-9-8-27-11-23(31)12-29(13-23)22(30)16-5-6-17(24)20(26)21(16)28-19-7-4-15(3)10-18(19)25;1-2/h4-7,10,14,27-28,31H,8-9,11-13H2,1-3H3;1-2H3. The molecule has 0 spiro atoms. The maximum absolute atomic E-state index is 14.6. The Kier molecular flexibility index (Phi) is 9.90. The van der Waals surface area contributed by atoms with Gasteiger partial charge in [-0.3, -0.25) is 4.79 Å². The molecule has 188 valence electrons. The third kappa shape index (κ3) is 6.94. The zero-order chi connectivity index (χ0) is 25.5. The van der Waals surface area contributed by atoms with Gasteiger partial charge in [0.15, 0.2) is 11.6 Å². The van der Waals surface area contributed by atoms with Crippen molar-refractivity contribution in [3.63, 3.8) is 0 Å². The third-order valence-corrected chi connectivity index (χ3v) is 5.15. The zero-order valence-corrected chi connectivity index (χ0v) is 20.3. The van der Waals surface area contributed by atoms with Gasteiger partial charge < -0.3 is 25.4 Å². The predicted molar refractivity (Wildman–Crippen MR) is 127 cm³/mol. The van der Waals surface area contributed by atoms with Crippen LogP contribution < -0.4 is 10.6 Å². The van der Waals surface area contributed by atoms with E-state index >= 15 is 0 Å².